The lowest BCUT2D eigenvalue weighted by Crippen LogP contribution is -2.35. The molecule has 0 saturated carbocycles. The van der Waals surface area contributed by atoms with E-state index in [0.717, 1.165) is 6.42 Å². The molecular weight excluding hydrogens is 366 g/mol. The van der Waals surface area contributed by atoms with Gasteiger partial charge in [-0.25, -0.2) is 4.79 Å². The Morgan fingerprint density at radius 1 is 1.07 bits per heavy atom. The predicted molar refractivity (Wildman–Crippen MR) is 104 cm³/mol. The molecule has 0 spiro atoms. The van der Waals surface area contributed by atoms with Gasteiger partial charge in [0.2, 0.25) is 11.8 Å². The third kappa shape index (κ3) is 5.07. The summed E-state index contributed by atoms with van der Waals surface area (Å²) in [5.74, 6) is -0.218. The highest BCUT2D eigenvalue weighted by molar-refractivity contribution is 7.10. The van der Waals surface area contributed by atoms with Gasteiger partial charge in [-0.15, -0.1) is 11.3 Å². The molecule has 27 heavy (non-hydrogen) atoms. The van der Waals surface area contributed by atoms with E-state index in [1.165, 1.54) is 17.6 Å². The zero-order chi connectivity index (χ0) is 19.2. The molecule has 3 amide bonds. The molecule has 2 aromatic rings. The monoisotopic (exact) mass is 387 g/mol. The largest absolute Gasteiger partial charge is 0.453 e. The van der Waals surface area contributed by atoms with Gasteiger partial charge >= 0.3 is 6.09 Å². The summed E-state index contributed by atoms with van der Waals surface area (Å²) in [7, 11) is 1.29. The predicted octanol–water partition coefficient (Wildman–Crippen LogP) is 3.23. The van der Waals surface area contributed by atoms with Gasteiger partial charge < -0.3 is 15.0 Å². The van der Waals surface area contributed by atoms with Gasteiger partial charge in [-0.3, -0.25) is 14.9 Å². The van der Waals surface area contributed by atoms with E-state index in [1.807, 2.05) is 4.90 Å². The van der Waals surface area contributed by atoms with Crippen molar-refractivity contribution in [1.82, 2.24) is 4.90 Å². The molecule has 0 fully saturated rings. The maximum Gasteiger partial charge on any atom is 0.411 e. The number of ether oxygens (including phenoxy) is 1. The number of fused-ring (bicyclic) bond motifs is 1. The molecule has 1 aromatic heterocycles. The van der Waals surface area contributed by atoms with Crippen LogP contribution in [0.3, 0.4) is 0 Å². The second-order valence-corrected chi connectivity index (χ2v) is 7.18. The van der Waals surface area contributed by atoms with Gasteiger partial charge in [-0.2, -0.15) is 0 Å². The van der Waals surface area contributed by atoms with Crippen LogP contribution in [0.5, 0.6) is 0 Å². The first kappa shape index (κ1) is 18.9. The number of carbonyl (C=O) groups is 3. The zero-order valence-corrected chi connectivity index (χ0v) is 15.8. The summed E-state index contributed by atoms with van der Waals surface area (Å²) in [6, 6.07) is 8.72. The summed E-state index contributed by atoms with van der Waals surface area (Å²) in [6.45, 7) is 1.34. The topological polar surface area (TPSA) is 87.7 Å². The molecule has 0 atom stereocenters. The Balaban J connectivity index is 1.44. The summed E-state index contributed by atoms with van der Waals surface area (Å²) in [5.41, 5.74) is 2.38. The van der Waals surface area contributed by atoms with E-state index in [2.05, 4.69) is 26.8 Å². The number of benzene rings is 1. The minimum absolute atomic E-state index is 0.000346. The van der Waals surface area contributed by atoms with E-state index in [4.69, 9.17) is 0 Å². The summed E-state index contributed by atoms with van der Waals surface area (Å²) in [4.78, 5) is 38.8. The molecule has 2 heterocycles. The van der Waals surface area contributed by atoms with Crippen molar-refractivity contribution in [3.63, 3.8) is 0 Å². The van der Waals surface area contributed by atoms with Crippen LogP contribution in [0.1, 0.15) is 23.3 Å². The number of hydrogen-bond acceptors (Lipinski definition) is 5. The van der Waals surface area contributed by atoms with Crippen molar-refractivity contribution in [2.75, 3.05) is 24.3 Å². The number of thiophene rings is 1. The number of rotatable bonds is 5. The molecule has 1 aliphatic heterocycles. The fraction of sp³-hybridized carbons (Fsp3) is 0.316. The molecule has 0 radical (unpaired) electrons. The number of anilines is 2. The van der Waals surface area contributed by atoms with Gasteiger partial charge in [0.25, 0.3) is 0 Å². The molecular formula is C19H21N3O4S. The molecule has 1 aliphatic rings. The summed E-state index contributed by atoms with van der Waals surface area (Å²) >= 11 is 1.73. The van der Waals surface area contributed by atoms with Crippen LogP contribution in [0.4, 0.5) is 16.2 Å². The molecule has 7 nitrogen and oxygen atoms in total. The molecule has 0 unspecified atom stereocenters. The highest BCUT2D eigenvalue weighted by Crippen LogP contribution is 2.24. The SMILES string of the molecule is COC(=O)Nc1ccc(NC(=O)CCC(=O)N2CCc3sccc3C2)cc1. The van der Waals surface area contributed by atoms with Crippen molar-refractivity contribution in [3.05, 3.63) is 46.2 Å². The third-order valence-electron chi connectivity index (χ3n) is 4.33. The molecule has 142 valence electrons. The second-order valence-electron chi connectivity index (χ2n) is 6.18. The van der Waals surface area contributed by atoms with Crippen molar-refractivity contribution in [1.29, 1.82) is 0 Å². The standard InChI is InChI=1S/C19H21N3O4S/c1-26-19(25)21-15-4-2-14(3-5-15)20-17(23)6-7-18(24)22-10-8-16-13(12-22)9-11-27-16/h2-5,9,11H,6-8,10,12H2,1H3,(H,20,23)(H,21,25). The van der Waals surface area contributed by atoms with E-state index < -0.39 is 6.09 Å². The van der Waals surface area contributed by atoms with Crippen LogP contribution >= 0.6 is 11.3 Å². The van der Waals surface area contributed by atoms with Crippen LogP contribution in [0.2, 0.25) is 0 Å². The average Bonchev–Trinajstić information content (AvgIpc) is 3.15. The number of amides is 3. The molecule has 8 heteroatoms. The molecule has 0 saturated heterocycles. The lowest BCUT2D eigenvalue weighted by molar-refractivity contribution is -0.133. The smallest absolute Gasteiger partial charge is 0.411 e. The van der Waals surface area contributed by atoms with Crippen molar-refractivity contribution in [3.8, 4) is 0 Å². The molecule has 1 aromatic carbocycles. The minimum Gasteiger partial charge on any atom is -0.453 e. The highest BCUT2D eigenvalue weighted by Gasteiger charge is 2.21. The summed E-state index contributed by atoms with van der Waals surface area (Å²) in [6.07, 6.45) is 0.649. The van der Waals surface area contributed by atoms with Crippen LogP contribution in [-0.2, 0) is 27.3 Å². The first-order valence-corrected chi connectivity index (χ1v) is 9.51. The number of methoxy groups -OCH3 is 1. The van der Waals surface area contributed by atoms with Crippen LogP contribution in [0, 0.1) is 0 Å². The Morgan fingerprint density at radius 2 is 1.78 bits per heavy atom. The maximum atomic E-state index is 12.4. The van der Waals surface area contributed by atoms with E-state index in [9.17, 15) is 14.4 Å². The number of nitrogens with one attached hydrogen (secondary N) is 2. The quantitative estimate of drug-likeness (QED) is 0.825. The summed E-state index contributed by atoms with van der Waals surface area (Å²) in [5, 5.41) is 7.34. The highest BCUT2D eigenvalue weighted by atomic mass is 32.1. The van der Waals surface area contributed by atoms with Crippen LogP contribution in [-0.4, -0.2) is 36.5 Å². The fourth-order valence-electron chi connectivity index (χ4n) is 2.87. The van der Waals surface area contributed by atoms with Gasteiger partial charge in [-0.1, -0.05) is 0 Å². The third-order valence-corrected chi connectivity index (χ3v) is 5.35. The lowest BCUT2D eigenvalue weighted by atomic mass is 10.1. The van der Waals surface area contributed by atoms with Crippen molar-refractivity contribution in [2.24, 2.45) is 0 Å². The van der Waals surface area contributed by atoms with Gasteiger partial charge in [0.1, 0.15) is 0 Å². The second kappa shape index (κ2) is 8.68. The lowest BCUT2D eigenvalue weighted by Gasteiger charge is -2.27. The van der Waals surface area contributed by atoms with Crippen molar-refractivity contribution >= 4 is 40.6 Å². The number of hydrogen-bond donors (Lipinski definition) is 2. The van der Waals surface area contributed by atoms with Gasteiger partial charge in [0.15, 0.2) is 0 Å². The Kier molecular flexibility index (Phi) is 6.08. The minimum atomic E-state index is -0.558. The zero-order valence-electron chi connectivity index (χ0n) is 15.0. The molecule has 2 N–H and O–H groups in total. The Hall–Kier alpha value is -2.87. The van der Waals surface area contributed by atoms with Gasteiger partial charge in [0, 0.05) is 42.2 Å². The van der Waals surface area contributed by atoms with Gasteiger partial charge in [-0.05, 0) is 47.7 Å². The van der Waals surface area contributed by atoms with E-state index in [-0.39, 0.29) is 24.7 Å². The van der Waals surface area contributed by atoms with Crippen LogP contribution < -0.4 is 10.6 Å². The average molecular weight is 387 g/mol. The Labute approximate surface area is 161 Å². The molecule has 0 aliphatic carbocycles. The van der Waals surface area contributed by atoms with Crippen molar-refractivity contribution < 1.29 is 19.1 Å². The normalized spacial score (nSPS) is 12.9. The fourth-order valence-corrected chi connectivity index (χ4v) is 3.76. The van der Waals surface area contributed by atoms with E-state index >= 15 is 0 Å². The van der Waals surface area contributed by atoms with Gasteiger partial charge in [0.05, 0.1) is 7.11 Å². The van der Waals surface area contributed by atoms with Crippen LogP contribution in [0.15, 0.2) is 35.7 Å². The first-order valence-electron chi connectivity index (χ1n) is 8.63. The van der Waals surface area contributed by atoms with Crippen molar-refractivity contribution in [2.45, 2.75) is 25.8 Å². The number of nitrogens with zero attached hydrogens (tertiary/aromatic N) is 1. The van der Waals surface area contributed by atoms with Crippen LogP contribution in [0.25, 0.3) is 0 Å². The molecule has 3 rings (SSSR count). The van der Waals surface area contributed by atoms with E-state index in [1.54, 1.807) is 35.6 Å². The Morgan fingerprint density at radius 3 is 2.48 bits per heavy atom. The van der Waals surface area contributed by atoms with E-state index in [0.29, 0.717) is 24.5 Å². The first-order chi connectivity index (χ1) is 13.0. The molecule has 0 bridgehead atoms. The Bertz CT molecular complexity index is 832. The summed E-state index contributed by atoms with van der Waals surface area (Å²) < 4.78 is 4.51. The maximum absolute atomic E-state index is 12.4. The number of carbonyl (C=O) groups excluding carboxylic acids is 3.